The summed E-state index contributed by atoms with van der Waals surface area (Å²) in [6.45, 7) is 0.400. The lowest BCUT2D eigenvalue weighted by Gasteiger charge is -2.19. The van der Waals surface area contributed by atoms with Gasteiger partial charge in [-0.05, 0) is 42.0 Å². The van der Waals surface area contributed by atoms with Crippen LogP contribution in [0.1, 0.15) is 33.8 Å². The molecule has 1 aromatic carbocycles. The van der Waals surface area contributed by atoms with Crippen molar-refractivity contribution >= 4 is 17.5 Å². The number of methoxy groups -OCH3 is 1. The lowest BCUT2D eigenvalue weighted by atomic mass is 9.89. The molecule has 2 amide bonds. The highest BCUT2D eigenvalue weighted by Gasteiger charge is 2.26. The van der Waals surface area contributed by atoms with Crippen LogP contribution in [0.25, 0.3) is 5.65 Å². The number of hydrogen-bond acceptors (Lipinski definition) is 7. The van der Waals surface area contributed by atoms with Crippen LogP contribution in [-0.4, -0.2) is 51.5 Å². The van der Waals surface area contributed by atoms with Gasteiger partial charge in [0.25, 0.3) is 11.5 Å². The summed E-state index contributed by atoms with van der Waals surface area (Å²) in [6.07, 6.45) is 4.49. The van der Waals surface area contributed by atoms with Gasteiger partial charge in [0.15, 0.2) is 0 Å². The van der Waals surface area contributed by atoms with Crippen LogP contribution in [0.15, 0.2) is 78.0 Å². The Hall–Kier alpha value is -4.73. The van der Waals surface area contributed by atoms with E-state index in [9.17, 15) is 19.5 Å². The summed E-state index contributed by atoms with van der Waals surface area (Å²) in [5.41, 5.74) is 0.964. The molecular weight excluding hydrogens is 462 g/mol. The fourth-order valence-corrected chi connectivity index (χ4v) is 3.86. The van der Waals surface area contributed by atoms with Gasteiger partial charge in [0.1, 0.15) is 11.4 Å². The molecule has 0 radical (unpaired) electrons. The number of pyridine rings is 2. The molecule has 1 atom stereocenters. The van der Waals surface area contributed by atoms with Crippen molar-refractivity contribution in [3.63, 3.8) is 0 Å². The molecule has 0 saturated heterocycles. The predicted octanol–water partition coefficient (Wildman–Crippen LogP) is 1.87. The van der Waals surface area contributed by atoms with Crippen LogP contribution in [0.3, 0.4) is 0 Å². The summed E-state index contributed by atoms with van der Waals surface area (Å²) in [7, 11) is 1.54. The van der Waals surface area contributed by atoms with Crippen molar-refractivity contribution in [3.05, 3.63) is 100 Å². The quantitative estimate of drug-likeness (QED) is 0.307. The molecule has 0 aliphatic heterocycles. The fraction of sp³-hybridized carbons (Fsp3) is 0.192. The summed E-state index contributed by atoms with van der Waals surface area (Å²) >= 11 is 0. The molecule has 10 heteroatoms. The second kappa shape index (κ2) is 11.1. The van der Waals surface area contributed by atoms with E-state index in [-0.39, 0.29) is 36.9 Å². The molecule has 0 aliphatic carbocycles. The Morgan fingerprint density at radius 2 is 1.75 bits per heavy atom. The van der Waals surface area contributed by atoms with Gasteiger partial charge in [0.2, 0.25) is 11.8 Å². The molecule has 0 aliphatic rings. The molecule has 3 N–H and O–H groups in total. The molecule has 0 fully saturated rings. The van der Waals surface area contributed by atoms with E-state index in [1.165, 1.54) is 16.8 Å². The topological polar surface area (TPSA) is 135 Å². The number of hydrogen-bond donors (Lipinski definition) is 3. The second-order valence-corrected chi connectivity index (χ2v) is 7.95. The zero-order chi connectivity index (χ0) is 25.5. The van der Waals surface area contributed by atoms with Crippen molar-refractivity contribution < 1.29 is 19.4 Å². The van der Waals surface area contributed by atoms with E-state index in [4.69, 9.17) is 4.74 Å². The standard InChI is InChI=1S/C26H25N5O5/c1-36-19-7-5-17(6-8-19)20(23-25(34)30-21-4-2-3-15-31(21)26(23)35)16-22(32)28-13-14-29-24(33)18-9-11-27-12-10-18/h2-12,15,20,34H,13-14,16H2,1H3,(H,28,32)(H,29,33). The average Bonchev–Trinajstić information content (AvgIpc) is 2.91. The lowest BCUT2D eigenvalue weighted by Crippen LogP contribution is -2.35. The number of ether oxygens (including phenoxy) is 1. The second-order valence-electron chi connectivity index (χ2n) is 7.95. The maximum absolute atomic E-state index is 13.3. The average molecular weight is 488 g/mol. The van der Waals surface area contributed by atoms with Gasteiger partial charge in [-0.3, -0.25) is 23.8 Å². The maximum atomic E-state index is 13.3. The zero-order valence-corrected chi connectivity index (χ0v) is 19.5. The van der Waals surface area contributed by atoms with Crippen molar-refractivity contribution in [2.45, 2.75) is 12.3 Å². The Labute approximate surface area is 206 Å². The van der Waals surface area contributed by atoms with Crippen molar-refractivity contribution in [2.75, 3.05) is 20.2 Å². The van der Waals surface area contributed by atoms with Gasteiger partial charge in [-0.25, -0.2) is 0 Å². The van der Waals surface area contributed by atoms with Gasteiger partial charge < -0.3 is 20.5 Å². The number of carbonyl (C=O) groups excluding carboxylic acids is 2. The third kappa shape index (κ3) is 5.49. The normalized spacial score (nSPS) is 11.6. The molecule has 4 rings (SSSR count). The molecule has 3 aromatic heterocycles. The summed E-state index contributed by atoms with van der Waals surface area (Å²) in [5.74, 6) is -1.21. The van der Waals surface area contributed by atoms with Gasteiger partial charge in [0.05, 0.1) is 12.7 Å². The Morgan fingerprint density at radius 3 is 2.47 bits per heavy atom. The van der Waals surface area contributed by atoms with Crippen molar-refractivity contribution in [1.82, 2.24) is 25.0 Å². The fourth-order valence-electron chi connectivity index (χ4n) is 3.86. The zero-order valence-electron chi connectivity index (χ0n) is 19.5. The first-order valence-corrected chi connectivity index (χ1v) is 11.3. The highest BCUT2D eigenvalue weighted by Crippen LogP contribution is 2.31. The van der Waals surface area contributed by atoms with E-state index in [0.717, 1.165) is 0 Å². The SMILES string of the molecule is COc1ccc(C(CC(=O)NCCNC(=O)c2ccncc2)c2c(O)nc3ccccn3c2=O)cc1. The first-order valence-electron chi connectivity index (χ1n) is 11.3. The number of benzene rings is 1. The first-order chi connectivity index (χ1) is 17.5. The molecule has 184 valence electrons. The van der Waals surface area contributed by atoms with E-state index in [1.54, 1.807) is 67.9 Å². The molecule has 3 heterocycles. The van der Waals surface area contributed by atoms with Crippen LogP contribution in [0, 0.1) is 0 Å². The van der Waals surface area contributed by atoms with E-state index < -0.39 is 17.4 Å². The molecule has 36 heavy (non-hydrogen) atoms. The van der Waals surface area contributed by atoms with Crippen molar-refractivity contribution in [1.29, 1.82) is 0 Å². The Balaban J connectivity index is 1.52. The maximum Gasteiger partial charge on any atom is 0.265 e. The van der Waals surface area contributed by atoms with Crippen LogP contribution in [0.2, 0.25) is 0 Å². The van der Waals surface area contributed by atoms with Gasteiger partial charge in [0, 0.05) is 49.6 Å². The van der Waals surface area contributed by atoms with Crippen LogP contribution >= 0.6 is 0 Å². The highest BCUT2D eigenvalue weighted by atomic mass is 16.5. The van der Waals surface area contributed by atoms with Gasteiger partial charge in [-0.1, -0.05) is 18.2 Å². The van der Waals surface area contributed by atoms with Gasteiger partial charge in [-0.2, -0.15) is 4.98 Å². The number of amides is 2. The number of nitrogens with zero attached hydrogens (tertiary/aromatic N) is 3. The van der Waals surface area contributed by atoms with E-state index in [2.05, 4.69) is 20.6 Å². The molecule has 10 nitrogen and oxygen atoms in total. The number of nitrogens with one attached hydrogen (secondary N) is 2. The Bertz CT molecular complexity index is 1420. The summed E-state index contributed by atoms with van der Waals surface area (Å²) in [5, 5.41) is 16.2. The Morgan fingerprint density at radius 1 is 1.03 bits per heavy atom. The minimum absolute atomic E-state index is 0.0185. The Kier molecular flexibility index (Phi) is 7.54. The van der Waals surface area contributed by atoms with E-state index >= 15 is 0 Å². The molecule has 0 bridgehead atoms. The lowest BCUT2D eigenvalue weighted by molar-refractivity contribution is -0.121. The molecule has 4 aromatic rings. The molecule has 0 saturated carbocycles. The number of aromatic nitrogens is 3. The third-order valence-corrected chi connectivity index (χ3v) is 5.68. The molecular formula is C26H25N5O5. The minimum Gasteiger partial charge on any atom is -0.497 e. The largest absolute Gasteiger partial charge is 0.497 e. The van der Waals surface area contributed by atoms with Crippen LogP contribution < -0.4 is 20.9 Å². The number of carbonyl (C=O) groups is 2. The minimum atomic E-state index is -0.764. The highest BCUT2D eigenvalue weighted by molar-refractivity contribution is 5.94. The van der Waals surface area contributed by atoms with E-state index in [1.807, 2.05) is 0 Å². The monoisotopic (exact) mass is 487 g/mol. The van der Waals surface area contributed by atoms with Crippen LogP contribution in [0.5, 0.6) is 11.6 Å². The predicted molar refractivity (Wildman–Crippen MR) is 132 cm³/mol. The van der Waals surface area contributed by atoms with Crippen molar-refractivity contribution in [2.24, 2.45) is 0 Å². The van der Waals surface area contributed by atoms with E-state index in [0.29, 0.717) is 22.5 Å². The van der Waals surface area contributed by atoms with Crippen molar-refractivity contribution in [3.8, 4) is 11.6 Å². The number of aromatic hydroxyl groups is 1. The summed E-state index contributed by atoms with van der Waals surface area (Å²) in [4.78, 5) is 46.3. The summed E-state index contributed by atoms with van der Waals surface area (Å²) < 4.78 is 6.54. The number of fused-ring (bicyclic) bond motifs is 1. The first kappa shape index (κ1) is 24.4. The van der Waals surface area contributed by atoms with Gasteiger partial charge >= 0.3 is 0 Å². The van der Waals surface area contributed by atoms with Crippen LogP contribution in [0.4, 0.5) is 0 Å². The molecule has 1 unspecified atom stereocenters. The third-order valence-electron chi connectivity index (χ3n) is 5.68. The van der Waals surface area contributed by atoms with Gasteiger partial charge in [-0.15, -0.1) is 0 Å². The number of rotatable bonds is 9. The molecule has 0 spiro atoms. The smallest absolute Gasteiger partial charge is 0.265 e. The van der Waals surface area contributed by atoms with Crippen LogP contribution in [-0.2, 0) is 4.79 Å². The summed E-state index contributed by atoms with van der Waals surface area (Å²) in [6, 6.07) is 15.1.